The maximum absolute atomic E-state index is 12.4. The topological polar surface area (TPSA) is 52.1 Å². The highest BCUT2D eigenvalue weighted by Gasteiger charge is 2.15. The second kappa shape index (κ2) is 16.8. The standard InChI is InChI=1S/C34H46N2O2/c1-4-6-8-10-11-12-14-16-28-17-19-30(20-18-28)33-35-25-31(26-36-33)29-21-23-32(24-22-29)38-34(37)27(3)15-13-9-7-5-2/h17-27H,4-16H2,1-3H3. The van der Waals surface area contributed by atoms with Crippen LogP contribution in [0.1, 0.15) is 103 Å². The summed E-state index contributed by atoms with van der Waals surface area (Å²) >= 11 is 0. The number of hydrogen-bond acceptors (Lipinski definition) is 4. The largest absolute Gasteiger partial charge is 0.426 e. The molecule has 0 N–H and O–H groups in total. The lowest BCUT2D eigenvalue weighted by Gasteiger charge is -2.11. The summed E-state index contributed by atoms with van der Waals surface area (Å²) in [6.45, 7) is 6.41. The Labute approximate surface area is 230 Å². The van der Waals surface area contributed by atoms with Crippen molar-refractivity contribution in [2.45, 2.75) is 104 Å². The Balaban J connectivity index is 1.47. The number of ether oxygens (including phenoxy) is 1. The molecule has 3 aromatic rings. The molecule has 0 radical (unpaired) electrons. The fourth-order valence-electron chi connectivity index (χ4n) is 4.66. The predicted octanol–water partition coefficient (Wildman–Crippen LogP) is 9.62. The average molecular weight is 515 g/mol. The van der Waals surface area contributed by atoms with Crippen LogP contribution < -0.4 is 4.74 Å². The summed E-state index contributed by atoms with van der Waals surface area (Å²) in [6, 6.07) is 16.2. The molecule has 0 bridgehead atoms. The molecule has 1 heterocycles. The first-order valence-electron chi connectivity index (χ1n) is 14.8. The van der Waals surface area contributed by atoms with Gasteiger partial charge in [-0.2, -0.15) is 0 Å². The van der Waals surface area contributed by atoms with E-state index < -0.39 is 0 Å². The first-order valence-corrected chi connectivity index (χ1v) is 14.8. The van der Waals surface area contributed by atoms with Crippen LogP contribution in [-0.4, -0.2) is 15.9 Å². The summed E-state index contributed by atoms with van der Waals surface area (Å²) in [5.41, 5.74) is 4.34. The highest BCUT2D eigenvalue weighted by atomic mass is 16.5. The zero-order chi connectivity index (χ0) is 27.0. The van der Waals surface area contributed by atoms with Crippen LogP contribution in [0.15, 0.2) is 60.9 Å². The van der Waals surface area contributed by atoms with Gasteiger partial charge in [0.1, 0.15) is 5.75 Å². The van der Waals surface area contributed by atoms with E-state index in [2.05, 4.69) is 48.1 Å². The van der Waals surface area contributed by atoms with Gasteiger partial charge in [-0.3, -0.25) is 4.79 Å². The SMILES string of the molecule is CCCCCCCCCc1ccc(-c2ncc(-c3ccc(OC(=O)C(C)CCCCCC)cc3)cn2)cc1. The van der Waals surface area contributed by atoms with Crippen molar-refractivity contribution < 1.29 is 9.53 Å². The summed E-state index contributed by atoms with van der Waals surface area (Å²) in [7, 11) is 0. The highest BCUT2D eigenvalue weighted by Crippen LogP contribution is 2.24. The van der Waals surface area contributed by atoms with E-state index >= 15 is 0 Å². The van der Waals surface area contributed by atoms with Gasteiger partial charge in [-0.25, -0.2) is 9.97 Å². The van der Waals surface area contributed by atoms with Crippen molar-refractivity contribution >= 4 is 5.97 Å². The number of carbonyl (C=O) groups excluding carboxylic acids is 1. The van der Waals surface area contributed by atoms with Crippen LogP contribution in [0.25, 0.3) is 22.5 Å². The Morgan fingerprint density at radius 1 is 0.684 bits per heavy atom. The molecule has 1 atom stereocenters. The summed E-state index contributed by atoms with van der Waals surface area (Å²) in [5, 5.41) is 0. The van der Waals surface area contributed by atoms with Gasteiger partial charge in [-0.15, -0.1) is 0 Å². The molecule has 0 aliphatic rings. The monoisotopic (exact) mass is 514 g/mol. The Bertz CT molecular complexity index is 1060. The van der Waals surface area contributed by atoms with E-state index in [1.54, 1.807) is 0 Å². The molecular formula is C34H46N2O2. The Hall–Kier alpha value is -3.01. The number of aromatic nitrogens is 2. The second-order valence-electron chi connectivity index (χ2n) is 10.6. The molecular weight excluding hydrogens is 468 g/mol. The van der Waals surface area contributed by atoms with Crippen LogP contribution in [0.5, 0.6) is 5.75 Å². The van der Waals surface area contributed by atoms with Gasteiger partial charge in [0.05, 0.1) is 5.92 Å². The van der Waals surface area contributed by atoms with Crippen molar-refractivity contribution in [1.82, 2.24) is 9.97 Å². The lowest BCUT2D eigenvalue weighted by atomic mass is 10.0. The average Bonchev–Trinajstić information content (AvgIpc) is 2.95. The van der Waals surface area contributed by atoms with E-state index in [0.717, 1.165) is 41.8 Å². The van der Waals surface area contributed by atoms with Crippen molar-refractivity contribution in [3.05, 3.63) is 66.5 Å². The summed E-state index contributed by atoms with van der Waals surface area (Å²) in [6.07, 6.45) is 19.7. The van der Waals surface area contributed by atoms with Gasteiger partial charge in [0, 0.05) is 23.5 Å². The fraction of sp³-hybridized carbons (Fsp3) is 0.500. The molecule has 204 valence electrons. The third-order valence-corrected chi connectivity index (χ3v) is 7.23. The van der Waals surface area contributed by atoms with Crippen LogP contribution in [0.4, 0.5) is 0 Å². The molecule has 0 spiro atoms. The van der Waals surface area contributed by atoms with E-state index in [-0.39, 0.29) is 11.9 Å². The fourth-order valence-corrected chi connectivity index (χ4v) is 4.66. The van der Waals surface area contributed by atoms with Crippen LogP contribution in [-0.2, 0) is 11.2 Å². The molecule has 4 heteroatoms. The number of aryl methyl sites for hydroxylation is 1. The lowest BCUT2D eigenvalue weighted by molar-refractivity contribution is -0.138. The smallest absolute Gasteiger partial charge is 0.314 e. The van der Waals surface area contributed by atoms with Crippen molar-refractivity contribution in [2.24, 2.45) is 5.92 Å². The first-order chi connectivity index (χ1) is 18.6. The quantitative estimate of drug-likeness (QED) is 0.102. The second-order valence-corrected chi connectivity index (χ2v) is 10.6. The zero-order valence-corrected chi connectivity index (χ0v) is 23.8. The molecule has 0 saturated heterocycles. The molecule has 0 aliphatic carbocycles. The number of carbonyl (C=O) groups is 1. The van der Waals surface area contributed by atoms with E-state index in [4.69, 9.17) is 4.74 Å². The van der Waals surface area contributed by atoms with E-state index in [0.29, 0.717) is 5.75 Å². The Morgan fingerprint density at radius 3 is 1.87 bits per heavy atom. The van der Waals surface area contributed by atoms with Crippen molar-refractivity contribution in [3.63, 3.8) is 0 Å². The molecule has 1 aromatic heterocycles. The molecule has 4 nitrogen and oxygen atoms in total. The Kier molecular flexibility index (Phi) is 13.0. The van der Waals surface area contributed by atoms with Gasteiger partial charge < -0.3 is 4.74 Å². The van der Waals surface area contributed by atoms with Crippen LogP contribution in [0.2, 0.25) is 0 Å². The molecule has 0 amide bonds. The first kappa shape index (κ1) is 29.5. The highest BCUT2D eigenvalue weighted by molar-refractivity contribution is 5.75. The number of esters is 1. The van der Waals surface area contributed by atoms with E-state index in [1.165, 1.54) is 69.8 Å². The van der Waals surface area contributed by atoms with E-state index in [9.17, 15) is 4.79 Å². The predicted molar refractivity (Wildman–Crippen MR) is 158 cm³/mol. The van der Waals surface area contributed by atoms with Gasteiger partial charge in [0.15, 0.2) is 5.82 Å². The third-order valence-electron chi connectivity index (χ3n) is 7.23. The molecule has 1 unspecified atom stereocenters. The van der Waals surface area contributed by atoms with Gasteiger partial charge in [0.2, 0.25) is 0 Å². The minimum atomic E-state index is -0.157. The minimum Gasteiger partial charge on any atom is -0.426 e. The number of benzene rings is 2. The lowest BCUT2D eigenvalue weighted by Crippen LogP contribution is -2.17. The maximum atomic E-state index is 12.4. The van der Waals surface area contributed by atoms with Crippen molar-refractivity contribution in [2.75, 3.05) is 0 Å². The van der Waals surface area contributed by atoms with Gasteiger partial charge in [-0.05, 0) is 42.5 Å². The van der Waals surface area contributed by atoms with Crippen LogP contribution in [0.3, 0.4) is 0 Å². The third kappa shape index (κ3) is 10.0. The number of unbranched alkanes of at least 4 members (excludes halogenated alkanes) is 9. The number of hydrogen-bond donors (Lipinski definition) is 0. The molecule has 38 heavy (non-hydrogen) atoms. The Morgan fingerprint density at radius 2 is 1.24 bits per heavy atom. The zero-order valence-electron chi connectivity index (χ0n) is 23.8. The van der Waals surface area contributed by atoms with Crippen LogP contribution >= 0.6 is 0 Å². The summed E-state index contributed by atoms with van der Waals surface area (Å²) in [5.74, 6) is 1.07. The van der Waals surface area contributed by atoms with Gasteiger partial charge in [0.25, 0.3) is 0 Å². The van der Waals surface area contributed by atoms with Gasteiger partial charge in [-0.1, -0.05) is 121 Å². The molecule has 0 fully saturated rings. The van der Waals surface area contributed by atoms with Crippen LogP contribution in [0, 0.1) is 5.92 Å². The number of nitrogens with zero attached hydrogens (tertiary/aromatic N) is 2. The molecule has 3 rings (SSSR count). The summed E-state index contributed by atoms with van der Waals surface area (Å²) < 4.78 is 5.59. The van der Waals surface area contributed by atoms with Crippen molar-refractivity contribution in [1.29, 1.82) is 0 Å². The molecule has 0 aliphatic heterocycles. The van der Waals surface area contributed by atoms with Crippen molar-refractivity contribution in [3.8, 4) is 28.3 Å². The molecule has 2 aromatic carbocycles. The van der Waals surface area contributed by atoms with Gasteiger partial charge >= 0.3 is 5.97 Å². The minimum absolute atomic E-state index is 0.0816. The maximum Gasteiger partial charge on any atom is 0.314 e. The number of rotatable bonds is 17. The van der Waals surface area contributed by atoms with E-state index in [1.807, 2.05) is 43.6 Å². The normalized spacial score (nSPS) is 11.9. The summed E-state index contributed by atoms with van der Waals surface area (Å²) in [4.78, 5) is 21.6. The molecule has 0 saturated carbocycles.